The van der Waals surface area contributed by atoms with Crippen molar-refractivity contribution in [2.24, 2.45) is 5.92 Å². The first-order chi connectivity index (χ1) is 8.96. The lowest BCUT2D eigenvalue weighted by molar-refractivity contribution is -0.0162. The molecule has 0 unspecified atom stereocenters. The monoisotopic (exact) mass is 320 g/mol. The van der Waals surface area contributed by atoms with Crippen LogP contribution in [-0.4, -0.2) is 33.5 Å². The summed E-state index contributed by atoms with van der Waals surface area (Å²) in [6, 6.07) is 0. The summed E-state index contributed by atoms with van der Waals surface area (Å²) in [4.78, 5) is 0. The Labute approximate surface area is 132 Å². The standard InChI is InChI=1S/C16H33ClO2Si/c1-12(11-17)10-13(2)15(18-7)14(3)19-20(8,9)16(4,5)6/h10,13-15H,11H2,1-9H3/b12-10+/t13-,14+,15+/m0/s1. The molecule has 0 N–H and O–H groups in total. The van der Waals surface area contributed by atoms with Gasteiger partial charge >= 0.3 is 0 Å². The third-order valence-electron chi connectivity index (χ3n) is 4.30. The number of ether oxygens (including phenoxy) is 1. The predicted octanol–water partition coefficient (Wildman–Crippen LogP) is 5.23. The molecule has 20 heavy (non-hydrogen) atoms. The molecule has 0 aliphatic carbocycles. The smallest absolute Gasteiger partial charge is 0.192 e. The highest BCUT2D eigenvalue weighted by atomic mass is 35.5. The molecule has 0 amide bonds. The zero-order valence-electron chi connectivity index (χ0n) is 14.7. The second-order valence-electron chi connectivity index (χ2n) is 7.29. The molecular weight excluding hydrogens is 288 g/mol. The third-order valence-corrected chi connectivity index (χ3v) is 9.29. The normalized spacial score (nSPS) is 18.8. The van der Waals surface area contributed by atoms with E-state index in [1.807, 2.05) is 0 Å². The molecule has 0 aliphatic heterocycles. The van der Waals surface area contributed by atoms with Gasteiger partial charge in [-0.15, -0.1) is 11.6 Å². The molecule has 0 aromatic carbocycles. The minimum Gasteiger partial charge on any atom is -0.412 e. The van der Waals surface area contributed by atoms with Crippen LogP contribution in [0.25, 0.3) is 0 Å². The van der Waals surface area contributed by atoms with Crippen LogP contribution in [0.3, 0.4) is 0 Å². The minimum absolute atomic E-state index is 0.0577. The number of allylic oxidation sites excluding steroid dienone is 1. The molecule has 120 valence electrons. The molecule has 0 rings (SSSR count). The van der Waals surface area contributed by atoms with Crippen molar-refractivity contribution in [3.8, 4) is 0 Å². The minimum atomic E-state index is -1.77. The van der Waals surface area contributed by atoms with Crippen LogP contribution < -0.4 is 0 Å². The van der Waals surface area contributed by atoms with Crippen LogP contribution in [0.15, 0.2) is 11.6 Å². The Hall–Kier alpha value is 0.167. The van der Waals surface area contributed by atoms with Crippen molar-refractivity contribution in [2.75, 3.05) is 13.0 Å². The summed E-state index contributed by atoms with van der Waals surface area (Å²) in [5.74, 6) is 0.858. The van der Waals surface area contributed by atoms with E-state index in [4.69, 9.17) is 20.8 Å². The highest BCUT2D eigenvalue weighted by Crippen LogP contribution is 2.38. The van der Waals surface area contributed by atoms with Crippen molar-refractivity contribution in [1.29, 1.82) is 0 Å². The topological polar surface area (TPSA) is 18.5 Å². The Morgan fingerprint density at radius 1 is 1.25 bits per heavy atom. The number of hydrogen-bond donors (Lipinski definition) is 0. The van der Waals surface area contributed by atoms with E-state index < -0.39 is 8.32 Å². The fraction of sp³-hybridized carbons (Fsp3) is 0.875. The quantitative estimate of drug-likeness (QED) is 0.363. The summed E-state index contributed by atoms with van der Waals surface area (Å²) in [6.45, 7) is 17.7. The van der Waals surface area contributed by atoms with Gasteiger partial charge in [-0.2, -0.15) is 0 Å². The summed E-state index contributed by atoms with van der Waals surface area (Å²) in [7, 11) is -0.00744. The largest absolute Gasteiger partial charge is 0.412 e. The third kappa shape index (κ3) is 5.88. The Bertz CT molecular complexity index is 321. The Kier molecular flexibility index (Phi) is 8.04. The Balaban J connectivity index is 4.92. The van der Waals surface area contributed by atoms with Crippen molar-refractivity contribution in [3.63, 3.8) is 0 Å². The zero-order valence-corrected chi connectivity index (χ0v) is 16.5. The lowest BCUT2D eigenvalue weighted by atomic mass is 9.98. The van der Waals surface area contributed by atoms with E-state index in [1.165, 1.54) is 5.57 Å². The average Bonchev–Trinajstić information content (AvgIpc) is 2.27. The molecule has 0 saturated heterocycles. The molecule has 0 saturated carbocycles. The van der Waals surface area contributed by atoms with Gasteiger partial charge in [0.1, 0.15) is 0 Å². The van der Waals surface area contributed by atoms with Crippen molar-refractivity contribution in [2.45, 2.75) is 71.9 Å². The molecule has 0 radical (unpaired) electrons. The van der Waals surface area contributed by atoms with Crippen LogP contribution in [0.2, 0.25) is 18.1 Å². The van der Waals surface area contributed by atoms with E-state index in [9.17, 15) is 0 Å². The van der Waals surface area contributed by atoms with Crippen LogP contribution >= 0.6 is 11.6 Å². The van der Waals surface area contributed by atoms with Crippen LogP contribution in [0.5, 0.6) is 0 Å². The van der Waals surface area contributed by atoms with Crippen LogP contribution in [0, 0.1) is 5.92 Å². The number of alkyl halides is 1. The molecule has 3 atom stereocenters. The number of hydrogen-bond acceptors (Lipinski definition) is 2. The SMILES string of the molecule is CO[C@H]([C@@H](C)/C=C(\C)CCl)[C@@H](C)O[Si](C)(C)C(C)(C)C. The van der Waals surface area contributed by atoms with E-state index in [2.05, 4.69) is 60.7 Å². The number of rotatable bonds is 7. The van der Waals surface area contributed by atoms with Crippen LogP contribution in [0.4, 0.5) is 0 Å². The molecule has 2 nitrogen and oxygen atoms in total. The van der Waals surface area contributed by atoms with E-state index in [1.54, 1.807) is 7.11 Å². The fourth-order valence-corrected chi connectivity index (χ4v) is 3.64. The maximum absolute atomic E-state index is 6.44. The lowest BCUT2D eigenvalue weighted by Crippen LogP contribution is -2.47. The summed E-state index contributed by atoms with van der Waals surface area (Å²) < 4.78 is 12.1. The van der Waals surface area contributed by atoms with Gasteiger partial charge in [0.2, 0.25) is 0 Å². The first-order valence-corrected chi connectivity index (χ1v) is 10.8. The summed E-state index contributed by atoms with van der Waals surface area (Å²) in [6.07, 6.45) is 2.32. The second-order valence-corrected chi connectivity index (χ2v) is 12.3. The van der Waals surface area contributed by atoms with Gasteiger partial charge < -0.3 is 9.16 Å². The van der Waals surface area contributed by atoms with Crippen LogP contribution in [-0.2, 0) is 9.16 Å². The molecule has 0 fully saturated rings. The average molecular weight is 321 g/mol. The van der Waals surface area contributed by atoms with Gasteiger partial charge in [0, 0.05) is 18.9 Å². The maximum atomic E-state index is 6.44. The highest BCUT2D eigenvalue weighted by Gasteiger charge is 2.40. The van der Waals surface area contributed by atoms with Crippen molar-refractivity contribution in [3.05, 3.63) is 11.6 Å². The molecule has 0 aromatic rings. The van der Waals surface area contributed by atoms with Gasteiger partial charge in [-0.25, -0.2) is 0 Å². The summed E-state index contributed by atoms with van der Waals surface area (Å²) in [5.41, 5.74) is 1.18. The number of halogens is 1. The molecule has 0 aliphatic rings. The maximum Gasteiger partial charge on any atom is 0.192 e. The van der Waals surface area contributed by atoms with Gasteiger partial charge in [0.25, 0.3) is 0 Å². The molecule has 0 aromatic heterocycles. The fourth-order valence-electron chi connectivity index (χ4n) is 2.13. The van der Waals surface area contributed by atoms with E-state index >= 15 is 0 Å². The number of methoxy groups -OCH3 is 1. The molecule has 0 spiro atoms. The van der Waals surface area contributed by atoms with Crippen molar-refractivity contribution >= 4 is 19.9 Å². The van der Waals surface area contributed by atoms with Crippen molar-refractivity contribution < 1.29 is 9.16 Å². The van der Waals surface area contributed by atoms with Gasteiger partial charge in [-0.3, -0.25) is 0 Å². The first-order valence-electron chi connectivity index (χ1n) is 7.40. The Morgan fingerprint density at radius 2 is 1.75 bits per heavy atom. The summed E-state index contributed by atoms with van der Waals surface area (Å²) in [5, 5.41) is 0.213. The van der Waals surface area contributed by atoms with Gasteiger partial charge in [-0.1, -0.05) is 39.3 Å². The molecule has 0 heterocycles. The van der Waals surface area contributed by atoms with Crippen molar-refractivity contribution in [1.82, 2.24) is 0 Å². The van der Waals surface area contributed by atoms with Crippen LogP contribution in [0.1, 0.15) is 41.5 Å². The predicted molar refractivity (Wildman–Crippen MR) is 92.2 cm³/mol. The summed E-state index contributed by atoms with van der Waals surface area (Å²) >= 11 is 5.86. The van der Waals surface area contributed by atoms with Gasteiger partial charge in [-0.05, 0) is 32.0 Å². The second kappa shape index (κ2) is 7.97. The lowest BCUT2D eigenvalue weighted by Gasteiger charge is -2.41. The molecule has 4 heteroatoms. The van der Waals surface area contributed by atoms with E-state index in [-0.39, 0.29) is 17.2 Å². The van der Waals surface area contributed by atoms with E-state index in [0.717, 1.165) is 0 Å². The molecule has 0 bridgehead atoms. The first kappa shape index (κ1) is 20.2. The zero-order chi connectivity index (χ0) is 16.1. The van der Waals surface area contributed by atoms with Gasteiger partial charge in [0.15, 0.2) is 8.32 Å². The van der Waals surface area contributed by atoms with Gasteiger partial charge in [0.05, 0.1) is 12.2 Å². The Morgan fingerprint density at radius 3 is 2.10 bits per heavy atom. The highest BCUT2D eigenvalue weighted by molar-refractivity contribution is 6.74. The van der Waals surface area contributed by atoms with E-state index in [0.29, 0.717) is 11.8 Å². The molecular formula is C16H33ClO2Si.